The van der Waals surface area contributed by atoms with Crippen molar-refractivity contribution in [3.8, 4) is 5.75 Å². The maximum atomic E-state index is 13.6. The number of methoxy groups -OCH3 is 1. The largest absolute Gasteiger partial charge is 0.494 e. The highest BCUT2D eigenvalue weighted by Crippen LogP contribution is 2.27. The number of carbonyl (C=O) groups excluding carboxylic acids is 2. The molecule has 1 aliphatic carbocycles. The van der Waals surface area contributed by atoms with Gasteiger partial charge in [0.05, 0.1) is 7.11 Å². The van der Waals surface area contributed by atoms with E-state index in [1.54, 1.807) is 12.1 Å². The zero-order valence-corrected chi connectivity index (χ0v) is 19.6. The number of halogens is 1. The Morgan fingerprint density at radius 2 is 1.91 bits per heavy atom. The predicted molar refractivity (Wildman–Crippen MR) is 123 cm³/mol. The van der Waals surface area contributed by atoms with E-state index in [0.717, 1.165) is 25.7 Å². The van der Waals surface area contributed by atoms with Crippen molar-refractivity contribution >= 4 is 17.8 Å². The van der Waals surface area contributed by atoms with Gasteiger partial charge in [0.2, 0.25) is 11.8 Å². The minimum atomic E-state index is -0.636. The van der Waals surface area contributed by atoms with Crippen molar-refractivity contribution in [2.45, 2.75) is 78.3 Å². The fourth-order valence-corrected chi connectivity index (χ4v) is 3.99. The third-order valence-corrected chi connectivity index (χ3v) is 5.57. The monoisotopic (exact) mass is 448 g/mol. The Morgan fingerprint density at radius 3 is 2.53 bits per heavy atom. The lowest BCUT2D eigenvalue weighted by Crippen LogP contribution is -2.52. The molecule has 178 valence electrons. The molecule has 1 aromatic carbocycles. The summed E-state index contributed by atoms with van der Waals surface area (Å²) in [6.07, 6.45) is 6.50. The fourth-order valence-electron chi connectivity index (χ4n) is 3.99. The summed E-state index contributed by atoms with van der Waals surface area (Å²) >= 11 is 0. The van der Waals surface area contributed by atoms with Crippen molar-refractivity contribution in [2.75, 3.05) is 7.11 Å². The molecule has 0 saturated heterocycles. The van der Waals surface area contributed by atoms with Gasteiger partial charge in [-0.2, -0.15) is 0 Å². The van der Waals surface area contributed by atoms with Crippen LogP contribution in [-0.4, -0.2) is 30.9 Å². The third kappa shape index (κ3) is 8.85. The Balaban J connectivity index is 2.00. The predicted octanol–water partition coefficient (Wildman–Crippen LogP) is 3.87. The van der Waals surface area contributed by atoms with Gasteiger partial charge in [-0.05, 0) is 35.4 Å². The van der Waals surface area contributed by atoms with Crippen LogP contribution in [0.15, 0.2) is 18.2 Å². The van der Waals surface area contributed by atoms with E-state index in [1.165, 1.54) is 19.6 Å². The van der Waals surface area contributed by atoms with Crippen LogP contribution in [0.4, 0.5) is 4.39 Å². The van der Waals surface area contributed by atoms with Gasteiger partial charge in [-0.15, -0.1) is 0 Å². The topological polar surface area (TPSA) is 103 Å². The molecule has 0 spiro atoms. The van der Waals surface area contributed by atoms with E-state index in [0.29, 0.717) is 17.9 Å². The van der Waals surface area contributed by atoms with E-state index in [2.05, 4.69) is 16.0 Å². The van der Waals surface area contributed by atoms with Crippen LogP contribution in [-0.2, 0) is 16.1 Å². The van der Waals surface area contributed by atoms with Gasteiger partial charge < -0.3 is 15.4 Å². The molecule has 1 saturated carbocycles. The first-order valence-corrected chi connectivity index (χ1v) is 11.3. The molecule has 2 amide bonds. The molecule has 8 heteroatoms. The van der Waals surface area contributed by atoms with E-state index >= 15 is 0 Å². The Morgan fingerprint density at radius 1 is 1.22 bits per heavy atom. The van der Waals surface area contributed by atoms with Crippen molar-refractivity contribution in [3.05, 3.63) is 29.6 Å². The number of hydrogen-bond acceptors (Lipinski definition) is 4. The number of carbonyl (C=O) groups is 2. The Hall–Kier alpha value is -2.64. The van der Waals surface area contributed by atoms with Crippen molar-refractivity contribution in [1.82, 2.24) is 16.0 Å². The molecule has 1 aliphatic rings. The molecule has 0 bridgehead atoms. The summed E-state index contributed by atoms with van der Waals surface area (Å²) in [6.45, 7) is 6.07. The first kappa shape index (κ1) is 25.6. The third-order valence-electron chi connectivity index (χ3n) is 5.57. The summed E-state index contributed by atoms with van der Waals surface area (Å²) in [5, 5.41) is 16.5. The van der Waals surface area contributed by atoms with E-state index in [9.17, 15) is 14.0 Å². The lowest BCUT2D eigenvalue weighted by molar-refractivity contribution is -0.124. The summed E-state index contributed by atoms with van der Waals surface area (Å²) in [5.41, 5.74) is 0.515. The van der Waals surface area contributed by atoms with Gasteiger partial charge in [-0.1, -0.05) is 58.9 Å². The minimum absolute atomic E-state index is 0.122. The zero-order valence-electron chi connectivity index (χ0n) is 19.6. The highest BCUT2D eigenvalue weighted by atomic mass is 19.1. The second-order valence-corrected chi connectivity index (χ2v) is 9.78. The van der Waals surface area contributed by atoms with Gasteiger partial charge >= 0.3 is 0 Å². The number of ether oxygens (including phenoxy) is 1. The summed E-state index contributed by atoms with van der Waals surface area (Å²) in [4.78, 5) is 25.1. The lowest BCUT2D eigenvalue weighted by atomic mass is 9.84. The van der Waals surface area contributed by atoms with Crippen LogP contribution in [0.1, 0.15) is 71.3 Å². The summed E-state index contributed by atoms with van der Waals surface area (Å²) in [5.74, 6) is -0.621. The molecule has 1 aromatic rings. The number of amides is 2. The molecular weight excluding hydrogens is 411 g/mol. The van der Waals surface area contributed by atoms with Crippen LogP contribution >= 0.6 is 0 Å². The molecular formula is C24H37FN4O3. The summed E-state index contributed by atoms with van der Waals surface area (Å²) < 4.78 is 18.6. The second kappa shape index (κ2) is 11.8. The summed E-state index contributed by atoms with van der Waals surface area (Å²) in [7, 11) is 1.39. The van der Waals surface area contributed by atoms with Crippen LogP contribution in [0.25, 0.3) is 0 Å². The van der Waals surface area contributed by atoms with E-state index in [4.69, 9.17) is 10.1 Å². The van der Waals surface area contributed by atoms with Gasteiger partial charge in [0, 0.05) is 13.0 Å². The zero-order chi connectivity index (χ0) is 23.7. The van der Waals surface area contributed by atoms with E-state index in [1.807, 2.05) is 20.8 Å². The highest BCUT2D eigenvalue weighted by molar-refractivity contribution is 5.97. The molecule has 2 rings (SSSR count). The average Bonchev–Trinajstić information content (AvgIpc) is 2.71. The van der Waals surface area contributed by atoms with Crippen LogP contribution in [0, 0.1) is 22.6 Å². The van der Waals surface area contributed by atoms with Crippen LogP contribution in [0.2, 0.25) is 0 Å². The fraction of sp³-hybridized carbons (Fsp3) is 0.625. The van der Waals surface area contributed by atoms with E-state index < -0.39 is 11.9 Å². The maximum Gasteiger partial charge on any atom is 0.242 e. The van der Waals surface area contributed by atoms with Crippen LogP contribution in [0.3, 0.4) is 0 Å². The standard InChI is InChI=1S/C24H37FN4O3/c1-24(2,3)14-21(30)29-23(26)28-19(12-16-8-6-5-7-9-16)22(31)27-15-17-10-11-18(25)20(13-17)32-4/h10-11,13,16,19H,5-9,12,14-15H2,1-4H3,(H,27,31)(H3,26,28,29,30)/t19-/m1/s1. The number of guanidine groups is 1. The lowest BCUT2D eigenvalue weighted by Gasteiger charge is -2.27. The van der Waals surface area contributed by atoms with Gasteiger partial charge in [-0.3, -0.25) is 20.3 Å². The first-order chi connectivity index (χ1) is 15.1. The molecule has 1 atom stereocenters. The SMILES string of the molecule is COc1cc(CNC(=O)[C@@H](CC2CCCCC2)NC(=N)NC(=O)CC(C)(C)C)ccc1F. The van der Waals surface area contributed by atoms with Crippen molar-refractivity contribution in [1.29, 1.82) is 5.41 Å². The molecule has 4 N–H and O–H groups in total. The molecule has 0 radical (unpaired) electrons. The second-order valence-electron chi connectivity index (χ2n) is 9.78. The Kier molecular flexibility index (Phi) is 9.47. The molecule has 0 aromatic heterocycles. The number of benzene rings is 1. The van der Waals surface area contributed by atoms with Gasteiger partial charge in [-0.25, -0.2) is 4.39 Å². The Bertz CT molecular complexity index is 801. The maximum absolute atomic E-state index is 13.6. The molecule has 32 heavy (non-hydrogen) atoms. The first-order valence-electron chi connectivity index (χ1n) is 11.3. The van der Waals surface area contributed by atoms with E-state index in [-0.39, 0.29) is 41.9 Å². The average molecular weight is 449 g/mol. The highest BCUT2D eigenvalue weighted by Gasteiger charge is 2.26. The van der Waals surface area contributed by atoms with Crippen molar-refractivity contribution in [2.24, 2.45) is 11.3 Å². The molecule has 0 heterocycles. The number of nitrogens with one attached hydrogen (secondary N) is 4. The molecule has 1 fully saturated rings. The number of rotatable bonds is 8. The van der Waals surface area contributed by atoms with Gasteiger partial charge in [0.1, 0.15) is 6.04 Å². The molecule has 0 aliphatic heterocycles. The van der Waals surface area contributed by atoms with Gasteiger partial charge in [0.15, 0.2) is 17.5 Å². The van der Waals surface area contributed by atoms with Gasteiger partial charge in [0.25, 0.3) is 0 Å². The quantitative estimate of drug-likeness (QED) is 0.358. The Labute approximate surface area is 190 Å². The van der Waals surface area contributed by atoms with Crippen molar-refractivity contribution in [3.63, 3.8) is 0 Å². The smallest absolute Gasteiger partial charge is 0.242 e. The normalized spacial score (nSPS) is 15.5. The van der Waals surface area contributed by atoms with Crippen LogP contribution in [0.5, 0.6) is 5.75 Å². The number of hydrogen-bond donors (Lipinski definition) is 4. The summed E-state index contributed by atoms with van der Waals surface area (Å²) in [6, 6.07) is 3.81. The molecule has 0 unspecified atom stereocenters. The van der Waals surface area contributed by atoms with Crippen molar-refractivity contribution < 1.29 is 18.7 Å². The molecule has 7 nitrogen and oxygen atoms in total. The minimum Gasteiger partial charge on any atom is -0.494 e. The van der Waals surface area contributed by atoms with Crippen LogP contribution < -0.4 is 20.7 Å².